The van der Waals surface area contributed by atoms with E-state index in [0.29, 0.717) is 16.8 Å². The number of carboxylic acid groups (broad SMARTS) is 1. The zero-order valence-electron chi connectivity index (χ0n) is 9.31. The maximum absolute atomic E-state index is 11.3. The molecule has 0 aromatic carbocycles. The molecular formula is C10H7KN2O4. The standard InChI is InChI=1S/C10H8N2O4.K/c1-16-9-7-5(2-3-11-9)6(4-12-7)8(13)10(14)15;/h2-4,12H,1H3,(H,14,15);/q;+1/p-1. The Kier molecular flexibility index (Phi) is 4.84. The summed E-state index contributed by atoms with van der Waals surface area (Å²) in [6, 6.07) is 1.53. The fourth-order valence-electron chi connectivity index (χ4n) is 1.48. The fraction of sp³-hybridized carbons (Fsp3) is 0.100. The molecule has 2 aromatic heterocycles. The smallest absolute Gasteiger partial charge is 0.541 e. The molecule has 1 N–H and O–H groups in total. The van der Waals surface area contributed by atoms with Crippen LogP contribution in [0.5, 0.6) is 5.88 Å². The quantitative estimate of drug-likeness (QED) is 0.350. The number of hydrogen-bond acceptors (Lipinski definition) is 5. The summed E-state index contributed by atoms with van der Waals surface area (Å²) in [6.45, 7) is 0. The van der Waals surface area contributed by atoms with E-state index in [1.54, 1.807) is 0 Å². The van der Waals surface area contributed by atoms with Crippen molar-refractivity contribution >= 4 is 22.7 Å². The van der Waals surface area contributed by atoms with Crippen molar-refractivity contribution in [3.05, 3.63) is 24.0 Å². The molecule has 0 amide bonds. The van der Waals surface area contributed by atoms with Crippen molar-refractivity contribution < 1.29 is 70.8 Å². The monoisotopic (exact) mass is 258 g/mol. The Bertz CT molecular complexity index is 579. The van der Waals surface area contributed by atoms with Crippen LogP contribution in [0.3, 0.4) is 0 Å². The Balaban J connectivity index is 0.00000144. The molecule has 0 aliphatic rings. The van der Waals surface area contributed by atoms with Crippen molar-refractivity contribution in [2.75, 3.05) is 7.11 Å². The van der Waals surface area contributed by atoms with E-state index < -0.39 is 11.8 Å². The Hall–Kier alpha value is -0.734. The van der Waals surface area contributed by atoms with Crippen LogP contribution in [0.25, 0.3) is 10.9 Å². The van der Waals surface area contributed by atoms with Gasteiger partial charge in [0.1, 0.15) is 11.5 Å². The van der Waals surface area contributed by atoms with E-state index in [9.17, 15) is 14.7 Å². The number of pyridine rings is 1. The summed E-state index contributed by atoms with van der Waals surface area (Å²) in [6.07, 6.45) is 2.73. The zero-order valence-corrected chi connectivity index (χ0v) is 12.4. The average molecular weight is 258 g/mol. The van der Waals surface area contributed by atoms with Crippen LogP contribution in [-0.4, -0.2) is 28.8 Å². The Morgan fingerprint density at radius 3 is 2.76 bits per heavy atom. The molecule has 0 atom stereocenters. The molecule has 0 radical (unpaired) electrons. The van der Waals surface area contributed by atoms with Crippen molar-refractivity contribution in [1.29, 1.82) is 0 Å². The van der Waals surface area contributed by atoms with E-state index in [2.05, 4.69) is 9.97 Å². The van der Waals surface area contributed by atoms with Crippen molar-refractivity contribution in [2.45, 2.75) is 0 Å². The second-order valence-electron chi connectivity index (χ2n) is 3.06. The summed E-state index contributed by atoms with van der Waals surface area (Å²) in [5.74, 6) is -2.51. The molecule has 17 heavy (non-hydrogen) atoms. The molecule has 0 aliphatic heterocycles. The van der Waals surface area contributed by atoms with Crippen molar-refractivity contribution in [1.82, 2.24) is 9.97 Å². The number of ether oxygens (including phenoxy) is 1. The van der Waals surface area contributed by atoms with E-state index in [1.807, 2.05) is 0 Å². The number of aromatic nitrogens is 2. The maximum atomic E-state index is 11.3. The minimum atomic E-state index is -1.74. The van der Waals surface area contributed by atoms with E-state index in [1.165, 1.54) is 25.6 Å². The van der Waals surface area contributed by atoms with Crippen LogP contribution in [0.2, 0.25) is 0 Å². The molecule has 82 valence electrons. The number of carboxylic acids is 1. The van der Waals surface area contributed by atoms with Crippen molar-refractivity contribution in [3.63, 3.8) is 0 Å². The van der Waals surface area contributed by atoms with Crippen LogP contribution in [0.15, 0.2) is 18.5 Å². The number of H-pyrrole nitrogens is 1. The van der Waals surface area contributed by atoms with Gasteiger partial charge in [-0.05, 0) is 6.07 Å². The van der Waals surface area contributed by atoms with Gasteiger partial charge in [-0.2, -0.15) is 0 Å². The van der Waals surface area contributed by atoms with Crippen molar-refractivity contribution in [2.24, 2.45) is 0 Å². The number of ketones is 1. The second-order valence-corrected chi connectivity index (χ2v) is 3.06. The van der Waals surface area contributed by atoms with Gasteiger partial charge in [0.2, 0.25) is 11.7 Å². The van der Waals surface area contributed by atoms with E-state index in [0.717, 1.165) is 0 Å². The average Bonchev–Trinajstić information content (AvgIpc) is 2.71. The summed E-state index contributed by atoms with van der Waals surface area (Å²) in [5, 5.41) is 10.9. The van der Waals surface area contributed by atoms with Crippen LogP contribution in [0.4, 0.5) is 0 Å². The minimum Gasteiger partial charge on any atom is -0.541 e. The van der Waals surface area contributed by atoms with Gasteiger partial charge in [-0.15, -0.1) is 0 Å². The molecule has 2 heterocycles. The van der Waals surface area contributed by atoms with Crippen LogP contribution >= 0.6 is 0 Å². The first-order valence-corrected chi connectivity index (χ1v) is 4.41. The van der Waals surface area contributed by atoms with Crippen LogP contribution in [0.1, 0.15) is 10.4 Å². The molecule has 6 nitrogen and oxygen atoms in total. The summed E-state index contributed by atoms with van der Waals surface area (Å²) < 4.78 is 4.96. The molecule has 7 heteroatoms. The first-order valence-electron chi connectivity index (χ1n) is 4.41. The number of methoxy groups -OCH3 is 1. The number of carbonyl (C=O) groups is 2. The van der Waals surface area contributed by atoms with E-state index in [4.69, 9.17) is 4.74 Å². The molecule has 0 unspecified atom stereocenters. The summed E-state index contributed by atoms with van der Waals surface area (Å²) >= 11 is 0. The number of aliphatic carboxylic acids is 1. The summed E-state index contributed by atoms with van der Waals surface area (Å²) in [5.41, 5.74) is 0.519. The Morgan fingerprint density at radius 1 is 1.47 bits per heavy atom. The SMILES string of the molecule is COc1nccc2c(C(=O)C(=O)[O-])c[nH]c12.[K+]. The number of hydrogen-bond donors (Lipinski definition) is 1. The van der Waals surface area contributed by atoms with Gasteiger partial charge >= 0.3 is 51.4 Å². The number of nitrogens with zero attached hydrogens (tertiary/aromatic N) is 1. The molecule has 2 rings (SSSR count). The molecule has 0 bridgehead atoms. The molecule has 0 saturated carbocycles. The number of aromatic amines is 1. The third-order valence-corrected chi connectivity index (χ3v) is 2.19. The molecule has 0 saturated heterocycles. The molecular weight excluding hydrogens is 251 g/mol. The topological polar surface area (TPSA) is 95.1 Å². The van der Waals surface area contributed by atoms with Gasteiger partial charge < -0.3 is 19.6 Å². The number of Topliss-reactive ketones (excluding diaryl/α,β-unsaturated/α-hetero) is 1. The number of carbonyl (C=O) groups excluding carboxylic acids is 2. The first-order chi connectivity index (χ1) is 7.65. The first kappa shape index (κ1) is 14.3. The number of fused-ring (bicyclic) bond motifs is 1. The second kappa shape index (κ2) is 5.74. The fourth-order valence-corrected chi connectivity index (χ4v) is 1.48. The summed E-state index contributed by atoms with van der Waals surface area (Å²) in [7, 11) is 1.43. The van der Waals surface area contributed by atoms with Crippen molar-refractivity contribution in [3.8, 4) is 5.88 Å². The number of rotatable bonds is 3. The minimum absolute atomic E-state index is 0. The molecule has 0 fully saturated rings. The van der Waals surface area contributed by atoms with Gasteiger partial charge in [-0.3, -0.25) is 4.79 Å². The van der Waals surface area contributed by atoms with Gasteiger partial charge in [0.05, 0.1) is 7.11 Å². The third kappa shape index (κ3) is 2.58. The predicted octanol–water partition coefficient (Wildman–Crippen LogP) is -3.49. The molecule has 0 spiro atoms. The van der Waals surface area contributed by atoms with Gasteiger partial charge in [0, 0.05) is 23.3 Å². The zero-order chi connectivity index (χ0) is 11.7. The largest absolute Gasteiger partial charge is 1.00 e. The molecule has 0 aliphatic carbocycles. The van der Waals surface area contributed by atoms with E-state index in [-0.39, 0.29) is 56.9 Å². The Labute approximate surface area is 139 Å². The van der Waals surface area contributed by atoms with Crippen LogP contribution in [-0.2, 0) is 4.79 Å². The Morgan fingerprint density at radius 2 is 2.18 bits per heavy atom. The van der Waals surface area contributed by atoms with Crippen LogP contribution in [0, 0.1) is 0 Å². The molecule has 2 aromatic rings. The summed E-state index contributed by atoms with van der Waals surface area (Å²) in [4.78, 5) is 28.4. The van der Waals surface area contributed by atoms with Gasteiger partial charge in [0.25, 0.3) is 0 Å². The number of nitrogens with one attached hydrogen (secondary N) is 1. The van der Waals surface area contributed by atoms with E-state index >= 15 is 0 Å². The van der Waals surface area contributed by atoms with Gasteiger partial charge in [0.15, 0.2) is 0 Å². The van der Waals surface area contributed by atoms with Gasteiger partial charge in [-0.25, -0.2) is 4.98 Å². The predicted molar refractivity (Wildman–Crippen MR) is 52.0 cm³/mol. The maximum Gasteiger partial charge on any atom is 1.00 e. The third-order valence-electron chi connectivity index (χ3n) is 2.19. The normalized spacial score (nSPS) is 9.71. The van der Waals surface area contributed by atoms with Crippen LogP contribution < -0.4 is 61.2 Å². The van der Waals surface area contributed by atoms with Gasteiger partial charge in [-0.1, -0.05) is 0 Å².